The molecule has 0 fully saturated rings. The molecule has 0 saturated heterocycles. The van der Waals surface area contributed by atoms with Crippen LogP contribution in [0.15, 0.2) is 42.5 Å². The number of rotatable bonds is 3. The van der Waals surface area contributed by atoms with E-state index in [-0.39, 0.29) is 11.3 Å². The Hall–Kier alpha value is -2.69. The average Bonchev–Trinajstić information content (AvgIpc) is 2.47. The van der Waals surface area contributed by atoms with Crippen LogP contribution in [-0.2, 0) is 6.42 Å². The molecular weight excluding hydrogens is 258 g/mol. The maximum absolute atomic E-state index is 10.4. The lowest BCUT2D eigenvalue weighted by Crippen LogP contribution is -1.97. The molecule has 2 aliphatic rings. The normalized spacial score (nSPS) is 10.7. The highest BCUT2D eigenvalue weighted by Gasteiger charge is 2.13. The van der Waals surface area contributed by atoms with Gasteiger partial charge in [-0.3, -0.25) is 14.9 Å². The Morgan fingerprint density at radius 2 is 1.85 bits per heavy atom. The summed E-state index contributed by atoms with van der Waals surface area (Å²) in [5.74, 6) is 0.359. The number of ether oxygens (including phenoxy) is 1. The first-order chi connectivity index (χ1) is 9.63. The molecular formula is C15H13NO4. The van der Waals surface area contributed by atoms with Crippen molar-refractivity contribution in [3.8, 4) is 5.75 Å². The number of benzene rings is 2. The van der Waals surface area contributed by atoms with Crippen molar-refractivity contribution >= 4 is 12.0 Å². The Morgan fingerprint density at radius 3 is 2.20 bits per heavy atom. The predicted octanol–water partition coefficient (Wildman–Crippen LogP) is 3.01. The van der Waals surface area contributed by atoms with Crippen molar-refractivity contribution in [2.24, 2.45) is 0 Å². The van der Waals surface area contributed by atoms with Crippen molar-refractivity contribution < 1.29 is 14.5 Å². The number of fused-ring (bicyclic) bond motifs is 2. The van der Waals surface area contributed by atoms with Crippen LogP contribution in [-0.4, -0.2) is 18.3 Å². The quantitative estimate of drug-likeness (QED) is 0.417. The molecule has 0 aromatic heterocycles. The highest BCUT2D eigenvalue weighted by molar-refractivity contribution is 5.81. The molecule has 0 atom stereocenters. The molecule has 0 radical (unpaired) electrons. The predicted molar refractivity (Wildman–Crippen MR) is 74.3 cm³/mol. The molecule has 0 saturated carbocycles. The SMILES string of the molecule is COc1ccc(C=O)c([N+](=O)[O-])c1.c1cc2cc(c1)C2. The minimum Gasteiger partial charge on any atom is -0.497 e. The highest BCUT2D eigenvalue weighted by atomic mass is 16.6. The van der Waals surface area contributed by atoms with E-state index in [1.807, 2.05) is 0 Å². The van der Waals surface area contributed by atoms with Crippen molar-refractivity contribution in [3.05, 3.63) is 69.3 Å². The summed E-state index contributed by atoms with van der Waals surface area (Å²) in [6.45, 7) is 0. The van der Waals surface area contributed by atoms with E-state index in [4.69, 9.17) is 4.74 Å². The van der Waals surface area contributed by atoms with Crippen molar-refractivity contribution in [2.45, 2.75) is 6.42 Å². The Labute approximate surface area is 116 Å². The standard InChI is InChI=1S/C8H7NO4.C7H6/c1-13-7-3-2-6(5-10)8(4-7)9(11)12;1-2-6-4-7(3-1)5-6/h2-5H,1H3;1-4H,5H2. The van der Waals surface area contributed by atoms with Crippen LogP contribution in [0.5, 0.6) is 5.75 Å². The lowest BCUT2D eigenvalue weighted by atomic mass is 9.94. The first kappa shape index (κ1) is 13.7. The van der Waals surface area contributed by atoms with E-state index in [2.05, 4.69) is 24.3 Å². The van der Waals surface area contributed by atoms with Crippen molar-refractivity contribution in [1.29, 1.82) is 0 Å². The minimum absolute atomic E-state index is 0.0470. The zero-order chi connectivity index (χ0) is 14.5. The average molecular weight is 271 g/mol. The molecule has 2 aromatic rings. The second kappa shape index (κ2) is 5.97. The van der Waals surface area contributed by atoms with Gasteiger partial charge in [-0.1, -0.05) is 24.3 Å². The number of carbonyl (C=O) groups excluding carboxylic acids is 1. The summed E-state index contributed by atoms with van der Waals surface area (Å²) in [5, 5.41) is 10.4. The maximum Gasteiger partial charge on any atom is 0.283 e. The monoisotopic (exact) mass is 271 g/mol. The second-order valence-electron chi connectivity index (χ2n) is 4.30. The summed E-state index contributed by atoms with van der Waals surface area (Å²) in [6, 6.07) is 12.7. The smallest absolute Gasteiger partial charge is 0.283 e. The molecule has 0 spiro atoms. The molecule has 0 aliphatic heterocycles. The first-order valence-corrected chi connectivity index (χ1v) is 5.99. The van der Waals surface area contributed by atoms with E-state index >= 15 is 0 Å². The number of nitrogens with zero attached hydrogens (tertiary/aromatic N) is 1. The number of carbonyl (C=O) groups is 1. The Bertz CT molecular complexity index is 627. The third-order valence-electron chi connectivity index (χ3n) is 2.96. The van der Waals surface area contributed by atoms with Gasteiger partial charge in [0.05, 0.1) is 23.7 Å². The Morgan fingerprint density at radius 1 is 1.20 bits per heavy atom. The van der Waals surface area contributed by atoms with Gasteiger partial charge >= 0.3 is 0 Å². The lowest BCUT2D eigenvalue weighted by Gasteiger charge is -2.11. The summed E-state index contributed by atoms with van der Waals surface area (Å²) < 4.78 is 4.78. The third kappa shape index (κ3) is 3.00. The summed E-state index contributed by atoms with van der Waals surface area (Å²) in [6.07, 6.45) is 1.66. The van der Waals surface area contributed by atoms with Gasteiger partial charge in [-0.2, -0.15) is 0 Å². The van der Waals surface area contributed by atoms with E-state index in [9.17, 15) is 14.9 Å². The molecule has 20 heavy (non-hydrogen) atoms. The molecule has 5 nitrogen and oxygen atoms in total. The van der Waals surface area contributed by atoms with Crippen LogP contribution in [0.25, 0.3) is 0 Å². The van der Waals surface area contributed by atoms with Crippen LogP contribution < -0.4 is 4.74 Å². The van der Waals surface area contributed by atoms with E-state index in [1.165, 1.54) is 42.9 Å². The van der Waals surface area contributed by atoms with Gasteiger partial charge in [0.25, 0.3) is 5.69 Å². The number of hydrogen-bond acceptors (Lipinski definition) is 4. The number of nitro benzene ring substituents is 1. The third-order valence-corrected chi connectivity index (χ3v) is 2.96. The number of methoxy groups -OCH3 is 1. The number of aldehydes is 1. The van der Waals surface area contributed by atoms with Gasteiger partial charge < -0.3 is 4.74 Å². The van der Waals surface area contributed by atoms with Crippen molar-refractivity contribution in [2.75, 3.05) is 7.11 Å². The molecule has 0 unspecified atom stereocenters. The molecule has 0 heterocycles. The molecule has 5 heteroatoms. The largest absolute Gasteiger partial charge is 0.497 e. The minimum atomic E-state index is -0.619. The number of nitro groups is 1. The van der Waals surface area contributed by atoms with Gasteiger partial charge in [-0.05, 0) is 29.7 Å². The van der Waals surface area contributed by atoms with Crippen LogP contribution in [0.4, 0.5) is 5.69 Å². The van der Waals surface area contributed by atoms with Gasteiger partial charge in [-0.15, -0.1) is 0 Å². The second-order valence-corrected chi connectivity index (χ2v) is 4.30. The van der Waals surface area contributed by atoms with Gasteiger partial charge in [0.1, 0.15) is 5.75 Å². The zero-order valence-corrected chi connectivity index (χ0v) is 10.9. The summed E-state index contributed by atoms with van der Waals surface area (Å²) in [7, 11) is 1.40. The Kier molecular flexibility index (Phi) is 4.10. The van der Waals surface area contributed by atoms with E-state index in [0.29, 0.717) is 12.0 Å². The molecule has 0 amide bonds. The van der Waals surface area contributed by atoms with Crippen LogP contribution in [0, 0.1) is 10.1 Å². The maximum atomic E-state index is 10.4. The summed E-state index contributed by atoms with van der Waals surface area (Å²) >= 11 is 0. The van der Waals surface area contributed by atoms with Crippen LogP contribution in [0.1, 0.15) is 21.5 Å². The van der Waals surface area contributed by atoms with Gasteiger partial charge in [0.2, 0.25) is 0 Å². The van der Waals surface area contributed by atoms with Gasteiger partial charge in [0, 0.05) is 0 Å². The van der Waals surface area contributed by atoms with Gasteiger partial charge in [-0.25, -0.2) is 0 Å². The zero-order valence-electron chi connectivity index (χ0n) is 10.9. The van der Waals surface area contributed by atoms with E-state index in [0.717, 1.165) is 0 Å². The fourth-order valence-electron chi connectivity index (χ4n) is 1.86. The van der Waals surface area contributed by atoms with Gasteiger partial charge in [0.15, 0.2) is 6.29 Å². The number of hydrogen-bond donors (Lipinski definition) is 0. The molecule has 2 bridgehead atoms. The van der Waals surface area contributed by atoms with Crippen molar-refractivity contribution in [1.82, 2.24) is 0 Å². The van der Waals surface area contributed by atoms with E-state index < -0.39 is 4.92 Å². The van der Waals surface area contributed by atoms with Crippen LogP contribution in [0.2, 0.25) is 0 Å². The molecule has 102 valence electrons. The molecule has 0 N–H and O–H groups in total. The van der Waals surface area contributed by atoms with Crippen LogP contribution in [0.3, 0.4) is 0 Å². The topological polar surface area (TPSA) is 69.4 Å². The fraction of sp³-hybridized carbons (Fsp3) is 0.133. The highest BCUT2D eigenvalue weighted by Crippen LogP contribution is 2.22. The van der Waals surface area contributed by atoms with Crippen molar-refractivity contribution in [3.63, 3.8) is 0 Å². The Balaban J connectivity index is 0.000000173. The summed E-state index contributed by atoms with van der Waals surface area (Å²) in [5.41, 5.74) is 2.77. The molecule has 2 aliphatic carbocycles. The molecule has 4 rings (SSSR count). The molecule has 2 aromatic carbocycles. The summed E-state index contributed by atoms with van der Waals surface area (Å²) in [4.78, 5) is 20.2. The van der Waals surface area contributed by atoms with Crippen LogP contribution >= 0.6 is 0 Å². The van der Waals surface area contributed by atoms with E-state index in [1.54, 1.807) is 0 Å². The fourth-order valence-corrected chi connectivity index (χ4v) is 1.86. The lowest BCUT2D eigenvalue weighted by molar-refractivity contribution is -0.385. The first-order valence-electron chi connectivity index (χ1n) is 5.99.